The van der Waals surface area contributed by atoms with Crippen LogP contribution in [0.1, 0.15) is 36.0 Å². The summed E-state index contributed by atoms with van der Waals surface area (Å²) in [6.45, 7) is 5.46. The van der Waals surface area contributed by atoms with E-state index >= 15 is 0 Å². The van der Waals surface area contributed by atoms with Crippen molar-refractivity contribution in [2.24, 2.45) is 12.5 Å². The fourth-order valence-electron chi connectivity index (χ4n) is 5.71. The van der Waals surface area contributed by atoms with Crippen molar-refractivity contribution in [1.82, 2.24) is 4.57 Å². The third-order valence-corrected chi connectivity index (χ3v) is 7.36. The Balaban J connectivity index is 1.48. The van der Waals surface area contributed by atoms with Gasteiger partial charge in [0.15, 0.2) is 0 Å². The summed E-state index contributed by atoms with van der Waals surface area (Å²) in [7, 11) is 2.05. The Morgan fingerprint density at radius 2 is 1.73 bits per heavy atom. The predicted molar refractivity (Wildman–Crippen MR) is 151 cm³/mol. The lowest BCUT2D eigenvalue weighted by Gasteiger charge is -2.14. The van der Waals surface area contributed by atoms with Gasteiger partial charge in [0, 0.05) is 21.8 Å². The highest BCUT2D eigenvalue weighted by Gasteiger charge is 2.29. The molecule has 3 nitrogen and oxygen atoms in total. The second kappa shape index (κ2) is 7.94. The maximum absolute atomic E-state index is 8.88. The van der Waals surface area contributed by atoms with E-state index < -0.39 is 18.2 Å². The van der Waals surface area contributed by atoms with Crippen LogP contribution in [0.4, 0.5) is 0 Å². The molecule has 0 amide bonds. The van der Waals surface area contributed by atoms with E-state index in [-0.39, 0.29) is 0 Å². The molecule has 0 aliphatic heterocycles. The standard InChI is InChI=1S/C34H31N2O/c1-22-13-16-29-31(30(22)33-35(4)17-18-36(33)26-9-6-5-7-10-26)28-12-8-11-27(32(28)37-29)23-14-15-24-20-34(2,3)21-25(24)19-23/h5-19H,20-21H2,1-4H3/q+1/i20D2,21D2. The van der Waals surface area contributed by atoms with Crippen LogP contribution in [0.25, 0.3) is 50.1 Å². The van der Waals surface area contributed by atoms with Crippen LogP contribution in [0.5, 0.6) is 0 Å². The first-order valence-electron chi connectivity index (χ1n) is 14.7. The minimum Gasteiger partial charge on any atom is -0.455 e. The molecule has 0 spiro atoms. The molecular weight excluding hydrogens is 452 g/mol. The van der Waals surface area contributed by atoms with Gasteiger partial charge >= 0.3 is 0 Å². The molecule has 0 unspecified atom stereocenters. The van der Waals surface area contributed by atoms with E-state index in [2.05, 4.69) is 59.8 Å². The zero-order valence-electron chi connectivity index (χ0n) is 25.5. The average molecular weight is 488 g/mol. The first-order chi connectivity index (χ1) is 19.4. The zero-order chi connectivity index (χ0) is 28.9. The number of benzene rings is 4. The molecule has 1 aliphatic rings. The Morgan fingerprint density at radius 3 is 2.57 bits per heavy atom. The Bertz CT molecular complexity index is 2000. The van der Waals surface area contributed by atoms with E-state index in [0.717, 1.165) is 55.7 Å². The smallest absolute Gasteiger partial charge is 0.294 e. The van der Waals surface area contributed by atoms with Crippen LogP contribution in [0.3, 0.4) is 0 Å². The Kier molecular flexibility index (Phi) is 3.90. The van der Waals surface area contributed by atoms with Crippen LogP contribution in [-0.2, 0) is 19.8 Å². The number of para-hydroxylation sites is 2. The minimum absolute atomic E-state index is 0.405. The average Bonchev–Trinajstić information content (AvgIpc) is 3.55. The first-order valence-corrected chi connectivity index (χ1v) is 12.7. The number of nitrogens with zero attached hydrogens (tertiary/aromatic N) is 2. The van der Waals surface area contributed by atoms with Crippen LogP contribution in [0.15, 0.2) is 95.7 Å². The van der Waals surface area contributed by atoms with Crippen molar-refractivity contribution in [3.63, 3.8) is 0 Å². The second-order valence-corrected chi connectivity index (χ2v) is 10.5. The van der Waals surface area contributed by atoms with Crippen LogP contribution >= 0.6 is 0 Å². The Labute approximate surface area is 223 Å². The number of rotatable bonds is 3. The number of furan rings is 1. The lowest BCUT2D eigenvalue weighted by Crippen LogP contribution is -2.29. The monoisotopic (exact) mass is 487 g/mol. The summed E-state index contributed by atoms with van der Waals surface area (Å²) in [5.41, 5.74) is 6.09. The van der Waals surface area contributed by atoms with Gasteiger partial charge in [-0.3, -0.25) is 0 Å². The van der Waals surface area contributed by atoms with Gasteiger partial charge in [0.05, 0.1) is 12.6 Å². The van der Waals surface area contributed by atoms with Gasteiger partial charge in [0.25, 0.3) is 5.82 Å². The highest BCUT2D eigenvalue weighted by Crippen LogP contribution is 2.43. The van der Waals surface area contributed by atoms with E-state index in [1.807, 2.05) is 48.5 Å². The SMILES string of the molecule is [2H]C1([2H])c2ccc(-c3cccc4c3oc3ccc(C)c(-c5n(-c6ccccc6)cc[n+]5C)c34)cc2C([2H])([2H])C1(C)C. The van der Waals surface area contributed by atoms with E-state index in [0.29, 0.717) is 11.1 Å². The molecule has 0 saturated carbocycles. The number of aryl methyl sites for hydroxylation is 2. The van der Waals surface area contributed by atoms with Gasteiger partial charge in [-0.15, -0.1) is 0 Å². The van der Waals surface area contributed by atoms with Crippen molar-refractivity contribution in [3.05, 3.63) is 108 Å². The molecule has 2 heterocycles. The molecular formula is C34H31N2O+. The van der Waals surface area contributed by atoms with Crippen LogP contribution in [0.2, 0.25) is 0 Å². The largest absolute Gasteiger partial charge is 0.455 e. The summed E-state index contributed by atoms with van der Waals surface area (Å²) < 4.78 is 46.1. The molecule has 0 radical (unpaired) electrons. The number of hydrogen-bond acceptors (Lipinski definition) is 1. The van der Waals surface area contributed by atoms with E-state index in [9.17, 15) is 0 Å². The van der Waals surface area contributed by atoms with Crippen LogP contribution in [-0.4, -0.2) is 4.57 Å². The van der Waals surface area contributed by atoms with Gasteiger partial charge in [-0.2, -0.15) is 4.57 Å². The summed E-state index contributed by atoms with van der Waals surface area (Å²) in [4.78, 5) is 0. The molecule has 37 heavy (non-hydrogen) atoms. The molecule has 182 valence electrons. The highest BCUT2D eigenvalue weighted by atomic mass is 16.3. The molecule has 0 N–H and O–H groups in total. The molecule has 0 bridgehead atoms. The van der Waals surface area contributed by atoms with Gasteiger partial charge in [0.2, 0.25) is 0 Å². The molecule has 0 saturated heterocycles. The van der Waals surface area contributed by atoms with Gasteiger partial charge in [0.1, 0.15) is 29.2 Å². The minimum atomic E-state index is -1.83. The van der Waals surface area contributed by atoms with Crippen LogP contribution in [0, 0.1) is 12.3 Å². The number of aromatic nitrogens is 2. The second-order valence-electron chi connectivity index (χ2n) is 10.5. The number of hydrogen-bond donors (Lipinski definition) is 0. The normalized spacial score (nSPS) is 18.8. The summed E-state index contributed by atoms with van der Waals surface area (Å²) in [6, 6.07) is 26.0. The maximum Gasteiger partial charge on any atom is 0.294 e. The summed E-state index contributed by atoms with van der Waals surface area (Å²) >= 11 is 0. The van der Waals surface area contributed by atoms with Gasteiger partial charge in [-0.25, -0.2) is 4.57 Å². The Hall–Kier alpha value is -4.11. The van der Waals surface area contributed by atoms with Gasteiger partial charge in [-0.05, 0) is 65.5 Å². The molecule has 2 aromatic heterocycles. The lowest BCUT2D eigenvalue weighted by molar-refractivity contribution is -0.659. The molecule has 4 aromatic carbocycles. The predicted octanol–water partition coefficient (Wildman–Crippen LogP) is 7.97. The van der Waals surface area contributed by atoms with Crippen molar-refractivity contribution in [2.45, 2.75) is 33.5 Å². The first kappa shape index (κ1) is 18.2. The van der Waals surface area contributed by atoms with E-state index in [1.54, 1.807) is 19.9 Å². The fraction of sp³-hybridized carbons (Fsp3) is 0.206. The molecule has 1 aliphatic carbocycles. The fourth-order valence-corrected chi connectivity index (χ4v) is 5.71. The number of imidazole rings is 1. The summed E-state index contributed by atoms with van der Waals surface area (Å²) in [5.74, 6) is 1.04. The molecule has 7 rings (SSSR count). The number of fused-ring (bicyclic) bond motifs is 4. The molecule has 6 aromatic rings. The van der Waals surface area contributed by atoms with Gasteiger partial charge < -0.3 is 4.42 Å². The third-order valence-electron chi connectivity index (χ3n) is 7.36. The highest BCUT2D eigenvalue weighted by molar-refractivity contribution is 6.15. The Morgan fingerprint density at radius 1 is 0.919 bits per heavy atom. The van der Waals surface area contributed by atoms with E-state index in [1.165, 1.54) is 0 Å². The molecule has 0 fully saturated rings. The summed E-state index contributed by atoms with van der Waals surface area (Å²) in [6.07, 6.45) is 0.527. The van der Waals surface area contributed by atoms with E-state index in [4.69, 9.17) is 9.90 Å². The van der Waals surface area contributed by atoms with Gasteiger partial charge in [-0.1, -0.05) is 74.5 Å². The third kappa shape index (κ3) is 3.45. The van der Waals surface area contributed by atoms with Crippen molar-refractivity contribution < 1.29 is 14.5 Å². The molecule has 0 atom stereocenters. The zero-order valence-corrected chi connectivity index (χ0v) is 21.5. The van der Waals surface area contributed by atoms with Crippen molar-refractivity contribution in [1.29, 1.82) is 0 Å². The molecule has 3 heteroatoms. The summed E-state index contributed by atoms with van der Waals surface area (Å²) in [5, 5.41) is 2.01. The quantitative estimate of drug-likeness (QED) is 0.232. The van der Waals surface area contributed by atoms with Crippen molar-refractivity contribution >= 4 is 21.9 Å². The topological polar surface area (TPSA) is 21.9 Å². The van der Waals surface area contributed by atoms with Crippen LogP contribution < -0.4 is 4.57 Å². The van der Waals surface area contributed by atoms with Crippen molar-refractivity contribution in [2.75, 3.05) is 0 Å². The van der Waals surface area contributed by atoms with Crippen molar-refractivity contribution in [3.8, 4) is 28.2 Å². The lowest BCUT2D eigenvalue weighted by atomic mass is 9.90. The maximum atomic E-state index is 8.88.